The van der Waals surface area contributed by atoms with E-state index in [1.165, 1.54) is 11.1 Å². The maximum absolute atomic E-state index is 5.29. The molecule has 0 bridgehead atoms. The molecule has 0 fully saturated rings. The van der Waals surface area contributed by atoms with E-state index in [9.17, 15) is 0 Å². The van der Waals surface area contributed by atoms with Crippen molar-refractivity contribution in [1.82, 2.24) is 0 Å². The number of hydrogen-bond donors (Lipinski definition) is 0. The molecule has 3 nitrogen and oxygen atoms in total. The lowest BCUT2D eigenvalue weighted by Gasteiger charge is -2.19. The Hall–Kier alpha value is -2.94. The highest BCUT2D eigenvalue weighted by Gasteiger charge is 2.16. The second-order valence-corrected chi connectivity index (χ2v) is 5.96. The third kappa shape index (κ3) is 4.17. The molecule has 0 spiro atoms. The summed E-state index contributed by atoms with van der Waals surface area (Å²) in [6, 6.07) is 24.5. The van der Waals surface area contributed by atoms with Gasteiger partial charge in [0.1, 0.15) is 17.2 Å². The molecule has 0 saturated heterocycles. The van der Waals surface area contributed by atoms with E-state index in [2.05, 4.69) is 42.8 Å². The maximum atomic E-state index is 5.29. The summed E-state index contributed by atoms with van der Waals surface area (Å²) in [6.45, 7) is 0. The summed E-state index contributed by atoms with van der Waals surface area (Å²) in [5, 5.41) is 0. The molecule has 26 heavy (non-hydrogen) atoms. The number of hydrogen-bond acceptors (Lipinski definition) is 3. The average molecular weight is 347 g/mol. The van der Waals surface area contributed by atoms with Gasteiger partial charge in [-0.1, -0.05) is 36.4 Å². The molecule has 3 heteroatoms. The number of methoxy groups -OCH3 is 3. The van der Waals surface area contributed by atoms with Gasteiger partial charge in [-0.25, -0.2) is 0 Å². The Morgan fingerprint density at radius 2 is 0.885 bits per heavy atom. The van der Waals surface area contributed by atoms with Gasteiger partial charge in [-0.2, -0.15) is 0 Å². The van der Waals surface area contributed by atoms with Crippen molar-refractivity contribution in [2.24, 2.45) is 0 Å². The van der Waals surface area contributed by atoms with Gasteiger partial charge >= 0.3 is 0 Å². The highest BCUT2D eigenvalue weighted by Crippen LogP contribution is 2.32. The van der Waals surface area contributed by atoms with Crippen LogP contribution in [0.4, 0.5) is 0 Å². The predicted octanol–water partition coefficient (Wildman–Crippen LogP) is 5.10. The molecule has 0 unspecified atom stereocenters. The van der Waals surface area contributed by atoms with Gasteiger partial charge < -0.3 is 14.2 Å². The van der Waals surface area contributed by atoms with E-state index in [1.54, 1.807) is 21.3 Å². The van der Waals surface area contributed by atoms with E-state index in [0.29, 0.717) is 0 Å². The molecular formula is C23H23O3. The third-order valence-electron chi connectivity index (χ3n) is 4.42. The molecule has 0 atom stereocenters. The SMILES string of the molecule is COc1ccc([CH]C(c2ccc(OC)cc2)c2ccc(OC)cc2)cc1. The minimum atomic E-state index is 0.125. The van der Waals surface area contributed by atoms with Crippen molar-refractivity contribution >= 4 is 0 Å². The standard InChI is InChI=1S/C23H23O3/c1-24-20-10-4-17(5-11-20)16-23(18-6-12-21(25-2)13-7-18)19-8-14-22(26-3)15-9-19/h4-16,23H,1-3H3. The first kappa shape index (κ1) is 17.9. The zero-order valence-electron chi connectivity index (χ0n) is 15.3. The van der Waals surface area contributed by atoms with Crippen LogP contribution in [0.3, 0.4) is 0 Å². The zero-order chi connectivity index (χ0) is 18.4. The Morgan fingerprint density at radius 1 is 0.538 bits per heavy atom. The van der Waals surface area contributed by atoms with E-state index in [0.717, 1.165) is 22.8 Å². The van der Waals surface area contributed by atoms with E-state index in [1.807, 2.05) is 36.4 Å². The smallest absolute Gasteiger partial charge is 0.118 e. The molecule has 3 rings (SSSR count). The first-order chi connectivity index (χ1) is 12.7. The van der Waals surface area contributed by atoms with Crippen LogP contribution < -0.4 is 14.2 Å². The summed E-state index contributed by atoms with van der Waals surface area (Å²) in [7, 11) is 5.04. The van der Waals surface area contributed by atoms with E-state index >= 15 is 0 Å². The summed E-state index contributed by atoms with van der Waals surface area (Å²) in [5.41, 5.74) is 3.54. The van der Waals surface area contributed by atoms with Gasteiger partial charge in [0.15, 0.2) is 0 Å². The van der Waals surface area contributed by atoms with Crippen molar-refractivity contribution in [3.8, 4) is 17.2 Å². The van der Waals surface area contributed by atoms with Crippen LogP contribution in [0.25, 0.3) is 0 Å². The summed E-state index contributed by atoms with van der Waals surface area (Å²) in [4.78, 5) is 0. The van der Waals surface area contributed by atoms with Gasteiger partial charge in [-0.15, -0.1) is 0 Å². The van der Waals surface area contributed by atoms with E-state index in [4.69, 9.17) is 14.2 Å². The summed E-state index contributed by atoms with van der Waals surface area (Å²) in [6.07, 6.45) is 2.25. The maximum Gasteiger partial charge on any atom is 0.118 e. The molecule has 3 aromatic carbocycles. The van der Waals surface area contributed by atoms with Crippen molar-refractivity contribution in [3.05, 3.63) is 95.9 Å². The predicted molar refractivity (Wildman–Crippen MR) is 104 cm³/mol. The Morgan fingerprint density at radius 3 is 1.23 bits per heavy atom. The number of ether oxygens (including phenoxy) is 3. The van der Waals surface area contributed by atoms with Crippen LogP contribution in [0, 0.1) is 6.42 Å². The Bertz CT molecular complexity index is 758. The molecular weight excluding hydrogens is 324 g/mol. The second kappa shape index (κ2) is 8.43. The summed E-state index contributed by atoms with van der Waals surface area (Å²) >= 11 is 0. The second-order valence-electron chi connectivity index (χ2n) is 5.96. The van der Waals surface area contributed by atoms with Crippen LogP contribution >= 0.6 is 0 Å². The van der Waals surface area contributed by atoms with Crippen LogP contribution in [0.1, 0.15) is 22.6 Å². The van der Waals surface area contributed by atoms with Gasteiger partial charge in [0.05, 0.1) is 21.3 Å². The lowest BCUT2D eigenvalue weighted by atomic mass is 9.86. The molecule has 0 aliphatic rings. The molecule has 0 heterocycles. The quantitative estimate of drug-likeness (QED) is 0.595. The lowest BCUT2D eigenvalue weighted by molar-refractivity contribution is 0.414. The Kier molecular flexibility index (Phi) is 5.80. The number of benzene rings is 3. The average Bonchev–Trinajstić information content (AvgIpc) is 2.73. The van der Waals surface area contributed by atoms with Gasteiger partial charge in [0, 0.05) is 12.3 Å². The highest BCUT2D eigenvalue weighted by atomic mass is 16.5. The highest BCUT2D eigenvalue weighted by molar-refractivity contribution is 5.44. The monoisotopic (exact) mass is 347 g/mol. The van der Waals surface area contributed by atoms with Crippen molar-refractivity contribution in [3.63, 3.8) is 0 Å². The molecule has 3 aromatic rings. The molecule has 1 radical (unpaired) electrons. The normalized spacial score (nSPS) is 10.6. The fraction of sp³-hybridized carbons (Fsp3) is 0.174. The number of rotatable bonds is 7. The fourth-order valence-electron chi connectivity index (χ4n) is 2.91. The van der Waals surface area contributed by atoms with Crippen molar-refractivity contribution in [1.29, 1.82) is 0 Å². The largest absolute Gasteiger partial charge is 0.497 e. The molecule has 0 aliphatic carbocycles. The zero-order valence-corrected chi connectivity index (χ0v) is 15.3. The van der Waals surface area contributed by atoms with E-state index < -0.39 is 0 Å². The van der Waals surface area contributed by atoms with E-state index in [-0.39, 0.29) is 5.92 Å². The molecule has 0 saturated carbocycles. The van der Waals surface area contributed by atoms with Crippen LogP contribution in [0.5, 0.6) is 17.2 Å². The molecule has 0 aliphatic heterocycles. The molecule has 0 amide bonds. The Labute approximate surface area is 155 Å². The fourth-order valence-corrected chi connectivity index (χ4v) is 2.91. The third-order valence-corrected chi connectivity index (χ3v) is 4.42. The minimum absolute atomic E-state index is 0.125. The lowest BCUT2D eigenvalue weighted by Crippen LogP contribution is -2.03. The van der Waals surface area contributed by atoms with Gasteiger partial charge in [-0.05, 0) is 53.1 Å². The van der Waals surface area contributed by atoms with Crippen LogP contribution in [0.15, 0.2) is 72.8 Å². The van der Waals surface area contributed by atoms with Gasteiger partial charge in [0.2, 0.25) is 0 Å². The summed E-state index contributed by atoms with van der Waals surface area (Å²) < 4.78 is 15.8. The first-order valence-electron chi connectivity index (χ1n) is 8.50. The molecule has 133 valence electrons. The molecule has 0 N–H and O–H groups in total. The van der Waals surface area contributed by atoms with Crippen molar-refractivity contribution in [2.45, 2.75) is 5.92 Å². The topological polar surface area (TPSA) is 27.7 Å². The molecule has 0 aromatic heterocycles. The Balaban J connectivity index is 1.93. The van der Waals surface area contributed by atoms with Crippen LogP contribution in [-0.4, -0.2) is 21.3 Å². The van der Waals surface area contributed by atoms with Gasteiger partial charge in [-0.3, -0.25) is 0 Å². The van der Waals surface area contributed by atoms with Crippen LogP contribution in [0.2, 0.25) is 0 Å². The van der Waals surface area contributed by atoms with Gasteiger partial charge in [0.25, 0.3) is 0 Å². The van der Waals surface area contributed by atoms with Crippen molar-refractivity contribution < 1.29 is 14.2 Å². The first-order valence-corrected chi connectivity index (χ1v) is 8.50. The minimum Gasteiger partial charge on any atom is -0.497 e. The van der Waals surface area contributed by atoms with Crippen molar-refractivity contribution in [2.75, 3.05) is 21.3 Å². The van der Waals surface area contributed by atoms with Crippen LogP contribution in [-0.2, 0) is 0 Å². The summed E-state index contributed by atoms with van der Waals surface area (Å²) in [5.74, 6) is 2.69.